The van der Waals surface area contributed by atoms with Crippen LogP contribution in [0.15, 0.2) is 77.4 Å². The van der Waals surface area contributed by atoms with Gasteiger partial charge in [-0.05, 0) is 36.8 Å². The van der Waals surface area contributed by atoms with Gasteiger partial charge in [0.15, 0.2) is 0 Å². The number of benzene rings is 2. The van der Waals surface area contributed by atoms with Gasteiger partial charge in [-0.3, -0.25) is 19.3 Å². The first-order valence-electron chi connectivity index (χ1n) is 9.38. The van der Waals surface area contributed by atoms with Gasteiger partial charge in [-0.25, -0.2) is 0 Å². The number of amides is 3. The fourth-order valence-electron chi connectivity index (χ4n) is 3.54. The Kier molecular flexibility index (Phi) is 4.99. The number of hydrogen-bond acceptors (Lipinski definition) is 4. The van der Waals surface area contributed by atoms with E-state index in [0.29, 0.717) is 23.4 Å². The van der Waals surface area contributed by atoms with Crippen molar-refractivity contribution in [2.45, 2.75) is 26.1 Å². The van der Waals surface area contributed by atoms with Crippen LogP contribution in [0.4, 0.5) is 0 Å². The molecular weight excluding hydrogens is 368 g/mol. The highest BCUT2D eigenvalue weighted by atomic mass is 16.3. The van der Waals surface area contributed by atoms with Gasteiger partial charge in [-0.15, -0.1) is 0 Å². The average molecular weight is 388 g/mol. The molecule has 29 heavy (non-hydrogen) atoms. The molecule has 0 radical (unpaired) electrons. The molecule has 0 bridgehead atoms. The van der Waals surface area contributed by atoms with E-state index in [2.05, 4.69) is 0 Å². The van der Waals surface area contributed by atoms with Crippen LogP contribution < -0.4 is 0 Å². The van der Waals surface area contributed by atoms with Crippen molar-refractivity contribution in [1.29, 1.82) is 0 Å². The van der Waals surface area contributed by atoms with Crippen LogP contribution in [0.3, 0.4) is 0 Å². The monoisotopic (exact) mass is 388 g/mol. The van der Waals surface area contributed by atoms with Crippen LogP contribution >= 0.6 is 0 Å². The van der Waals surface area contributed by atoms with Crippen molar-refractivity contribution in [3.63, 3.8) is 0 Å². The molecule has 0 N–H and O–H groups in total. The van der Waals surface area contributed by atoms with Crippen molar-refractivity contribution in [2.75, 3.05) is 0 Å². The van der Waals surface area contributed by atoms with Crippen LogP contribution in [0.2, 0.25) is 0 Å². The molecule has 0 spiro atoms. The van der Waals surface area contributed by atoms with Gasteiger partial charge in [-0.1, -0.05) is 42.5 Å². The van der Waals surface area contributed by atoms with Crippen LogP contribution in [-0.4, -0.2) is 33.6 Å². The fourth-order valence-corrected chi connectivity index (χ4v) is 3.54. The highest BCUT2D eigenvalue weighted by Gasteiger charge is 2.41. The van der Waals surface area contributed by atoms with Crippen LogP contribution in [0.5, 0.6) is 0 Å². The first-order chi connectivity index (χ1) is 14.1. The molecule has 0 aliphatic carbocycles. The maximum Gasteiger partial charge on any atom is 0.262 e. The second-order valence-corrected chi connectivity index (χ2v) is 6.96. The van der Waals surface area contributed by atoms with E-state index in [0.717, 1.165) is 10.5 Å². The Hall–Kier alpha value is -3.67. The molecular formula is C23H20N2O4. The Morgan fingerprint density at radius 1 is 0.897 bits per heavy atom. The molecule has 0 saturated carbocycles. The lowest BCUT2D eigenvalue weighted by Gasteiger charge is -2.29. The highest BCUT2D eigenvalue weighted by molar-refractivity contribution is 6.22. The van der Waals surface area contributed by atoms with Crippen molar-refractivity contribution in [2.24, 2.45) is 0 Å². The zero-order valence-electron chi connectivity index (χ0n) is 15.9. The lowest BCUT2D eigenvalue weighted by Crippen LogP contribution is -2.49. The van der Waals surface area contributed by atoms with Gasteiger partial charge in [0.05, 0.1) is 23.9 Å². The van der Waals surface area contributed by atoms with Crippen molar-refractivity contribution in [3.8, 4) is 0 Å². The maximum atomic E-state index is 13.3. The Labute approximate surface area is 168 Å². The topological polar surface area (TPSA) is 70.8 Å². The molecule has 2 heterocycles. The Morgan fingerprint density at radius 3 is 2.10 bits per heavy atom. The van der Waals surface area contributed by atoms with Crippen LogP contribution in [-0.2, 0) is 17.9 Å². The molecule has 0 saturated heterocycles. The quantitative estimate of drug-likeness (QED) is 0.606. The zero-order chi connectivity index (χ0) is 20.4. The van der Waals surface area contributed by atoms with E-state index < -0.39 is 17.9 Å². The molecule has 3 aromatic rings. The minimum Gasteiger partial charge on any atom is -0.467 e. The summed E-state index contributed by atoms with van der Waals surface area (Å²) in [6, 6.07) is 18.8. The molecule has 3 amide bonds. The molecule has 1 unspecified atom stereocenters. The van der Waals surface area contributed by atoms with Crippen LogP contribution in [0.25, 0.3) is 0 Å². The van der Waals surface area contributed by atoms with Gasteiger partial charge in [-0.2, -0.15) is 0 Å². The number of fused-ring (bicyclic) bond motifs is 1. The normalized spacial score (nSPS) is 14.0. The van der Waals surface area contributed by atoms with E-state index in [-0.39, 0.29) is 12.5 Å². The molecule has 1 aliphatic rings. The van der Waals surface area contributed by atoms with E-state index in [1.165, 1.54) is 0 Å². The SMILES string of the molecule is CC(C(=O)N(Cc1ccccc1)Cc1ccco1)N1C(=O)c2ccccc2C1=O. The summed E-state index contributed by atoms with van der Waals surface area (Å²) >= 11 is 0. The third-order valence-electron chi connectivity index (χ3n) is 5.02. The van der Waals surface area contributed by atoms with Gasteiger partial charge in [0.2, 0.25) is 5.91 Å². The first-order valence-corrected chi connectivity index (χ1v) is 9.38. The van der Waals surface area contributed by atoms with E-state index in [1.807, 2.05) is 30.3 Å². The smallest absolute Gasteiger partial charge is 0.262 e. The van der Waals surface area contributed by atoms with Gasteiger partial charge >= 0.3 is 0 Å². The van der Waals surface area contributed by atoms with Gasteiger partial charge in [0.25, 0.3) is 11.8 Å². The molecule has 1 aliphatic heterocycles. The van der Waals surface area contributed by atoms with Crippen molar-refractivity contribution >= 4 is 17.7 Å². The molecule has 1 atom stereocenters. The summed E-state index contributed by atoms with van der Waals surface area (Å²) in [6.07, 6.45) is 1.55. The predicted octanol–water partition coefficient (Wildman–Crippen LogP) is 3.49. The second-order valence-electron chi connectivity index (χ2n) is 6.96. The van der Waals surface area contributed by atoms with Crippen molar-refractivity contribution < 1.29 is 18.8 Å². The summed E-state index contributed by atoms with van der Waals surface area (Å²) in [5.74, 6) is -0.572. The fraction of sp³-hybridized carbons (Fsp3) is 0.174. The van der Waals surface area contributed by atoms with Crippen molar-refractivity contribution in [3.05, 3.63) is 95.4 Å². The Bertz CT molecular complexity index is 1010. The molecule has 146 valence electrons. The van der Waals surface area contributed by atoms with E-state index >= 15 is 0 Å². The highest BCUT2D eigenvalue weighted by Crippen LogP contribution is 2.25. The molecule has 6 heteroatoms. The Balaban J connectivity index is 1.60. The lowest BCUT2D eigenvalue weighted by atomic mass is 10.1. The van der Waals surface area contributed by atoms with E-state index in [4.69, 9.17) is 4.42 Å². The van der Waals surface area contributed by atoms with Gasteiger partial charge < -0.3 is 9.32 Å². The van der Waals surface area contributed by atoms with E-state index in [9.17, 15) is 14.4 Å². The molecule has 1 aromatic heterocycles. The number of nitrogens with zero attached hydrogens (tertiary/aromatic N) is 2. The number of rotatable bonds is 6. The molecule has 0 fully saturated rings. The molecule has 2 aromatic carbocycles. The number of carbonyl (C=O) groups excluding carboxylic acids is 3. The number of imide groups is 1. The zero-order valence-corrected chi connectivity index (χ0v) is 15.9. The summed E-state index contributed by atoms with van der Waals surface area (Å²) in [5.41, 5.74) is 1.61. The maximum absolute atomic E-state index is 13.3. The Morgan fingerprint density at radius 2 is 1.52 bits per heavy atom. The van der Waals surface area contributed by atoms with Crippen LogP contribution in [0, 0.1) is 0 Å². The van der Waals surface area contributed by atoms with Crippen molar-refractivity contribution in [1.82, 2.24) is 9.80 Å². The average Bonchev–Trinajstić information content (AvgIpc) is 3.34. The lowest BCUT2D eigenvalue weighted by molar-refractivity contribution is -0.136. The third-order valence-corrected chi connectivity index (χ3v) is 5.02. The summed E-state index contributed by atoms with van der Waals surface area (Å²) in [7, 11) is 0. The molecule has 6 nitrogen and oxygen atoms in total. The summed E-state index contributed by atoms with van der Waals surface area (Å²) < 4.78 is 5.41. The summed E-state index contributed by atoms with van der Waals surface area (Å²) in [4.78, 5) is 41.5. The third kappa shape index (κ3) is 3.57. The standard InChI is InChI=1S/C23H20N2O4/c1-16(25-22(27)19-11-5-6-12-20(19)23(25)28)21(26)24(15-18-10-7-13-29-18)14-17-8-3-2-4-9-17/h2-13,16H,14-15H2,1H3. The minimum atomic E-state index is -0.930. The van der Waals surface area contributed by atoms with E-state index in [1.54, 1.807) is 54.5 Å². The summed E-state index contributed by atoms with van der Waals surface area (Å²) in [5, 5.41) is 0. The largest absolute Gasteiger partial charge is 0.467 e. The minimum absolute atomic E-state index is 0.244. The number of carbonyl (C=O) groups is 3. The van der Waals surface area contributed by atoms with Gasteiger partial charge in [0.1, 0.15) is 11.8 Å². The number of hydrogen-bond donors (Lipinski definition) is 0. The summed E-state index contributed by atoms with van der Waals surface area (Å²) in [6.45, 7) is 2.17. The number of furan rings is 1. The van der Waals surface area contributed by atoms with Gasteiger partial charge in [0, 0.05) is 6.54 Å². The van der Waals surface area contributed by atoms with Crippen LogP contribution in [0.1, 0.15) is 39.0 Å². The first kappa shape index (κ1) is 18.7. The molecule has 4 rings (SSSR count). The predicted molar refractivity (Wildman–Crippen MR) is 106 cm³/mol. The second kappa shape index (κ2) is 7.75.